The van der Waals surface area contributed by atoms with E-state index in [2.05, 4.69) is 27.8 Å². The van der Waals surface area contributed by atoms with Crippen LogP contribution in [0.4, 0.5) is 4.39 Å². The van der Waals surface area contributed by atoms with Crippen molar-refractivity contribution in [1.29, 1.82) is 0 Å². The number of hydrogen-bond donors (Lipinski definition) is 1. The second-order valence-corrected chi connectivity index (χ2v) is 7.00. The van der Waals surface area contributed by atoms with E-state index >= 15 is 0 Å². The maximum atomic E-state index is 13.3. The van der Waals surface area contributed by atoms with Crippen molar-refractivity contribution in [3.8, 4) is 0 Å². The average molecular weight is 333 g/mol. The van der Waals surface area contributed by atoms with E-state index in [0.717, 1.165) is 24.4 Å². The van der Waals surface area contributed by atoms with Gasteiger partial charge in [-0.1, -0.05) is 13.0 Å². The van der Waals surface area contributed by atoms with Crippen LogP contribution < -0.4 is 5.73 Å². The number of hydrogen-bond acceptors (Lipinski definition) is 3. The lowest BCUT2D eigenvalue weighted by Crippen LogP contribution is -2.42. The van der Waals surface area contributed by atoms with Crippen LogP contribution in [-0.2, 0) is 0 Å². The van der Waals surface area contributed by atoms with Crippen molar-refractivity contribution < 1.29 is 4.39 Å². The Labute approximate surface area is 120 Å². The van der Waals surface area contributed by atoms with E-state index in [1.165, 1.54) is 6.07 Å². The fourth-order valence-corrected chi connectivity index (χ4v) is 3.78. The molecule has 100 valence electrons. The largest absolute Gasteiger partial charge is 0.329 e. The zero-order chi connectivity index (χ0) is 13.1. The standard InChI is InChI=1S/C13H18BrFN2S/c1-9-8-17(4-5-18-9)13(7-16)10-2-3-12(15)11(14)6-10/h2-3,6,9,13H,4-5,7-8,16H2,1H3. The van der Waals surface area contributed by atoms with Gasteiger partial charge in [0, 0.05) is 36.7 Å². The third-order valence-corrected chi connectivity index (χ3v) is 5.01. The Hall–Kier alpha value is -0.100. The van der Waals surface area contributed by atoms with Crippen LogP contribution in [0.3, 0.4) is 0 Å². The molecule has 1 saturated heterocycles. The molecule has 0 spiro atoms. The Morgan fingerprint density at radius 1 is 1.61 bits per heavy atom. The topological polar surface area (TPSA) is 29.3 Å². The van der Waals surface area contributed by atoms with Crippen molar-refractivity contribution in [1.82, 2.24) is 4.90 Å². The van der Waals surface area contributed by atoms with Crippen LogP contribution in [0.2, 0.25) is 0 Å². The van der Waals surface area contributed by atoms with Gasteiger partial charge < -0.3 is 5.73 Å². The summed E-state index contributed by atoms with van der Waals surface area (Å²) >= 11 is 5.24. The normalized spacial score (nSPS) is 23.0. The summed E-state index contributed by atoms with van der Waals surface area (Å²) in [5.41, 5.74) is 7.00. The predicted octanol–water partition coefficient (Wildman–Crippen LogP) is 3.03. The fourth-order valence-electron chi connectivity index (χ4n) is 2.34. The average Bonchev–Trinajstić information content (AvgIpc) is 2.35. The molecule has 0 aromatic heterocycles. The minimum atomic E-state index is -0.225. The molecule has 2 unspecified atom stereocenters. The maximum absolute atomic E-state index is 13.3. The molecule has 2 nitrogen and oxygen atoms in total. The molecule has 0 aliphatic carbocycles. The van der Waals surface area contributed by atoms with Crippen LogP contribution in [0.15, 0.2) is 22.7 Å². The van der Waals surface area contributed by atoms with Gasteiger partial charge in [0.1, 0.15) is 5.82 Å². The minimum Gasteiger partial charge on any atom is -0.329 e. The Kier molecular flexibility index (Phi) is 5.06. The van der Waals surface area contributed by atoms with E-state index in [-0.39, 0.29) is 11.9 Å². The van der Waals surface area contributed by atoms with Crippen molar-refractivity contribution in [3.05, 3.63) is 34.1 Å². The second-order valence-electron chi connectivity index (χ2n) is 4.60. The Balaban J connectivity index is 2.18. The summed E-state index contributed by atoms with van der Waals surface area (Å²) in [7, 11) is 0. The first-order chi connectivity index (χ1) is 8.61. The van der Waals surface area contributed by atoms with Crippen molar-refractivity contribution in [2.24, 2.45) is 5.73 Å². The number of nitrogens with zero attached hydrogens (tertiary/aromatic N) is 1. The minimum absolute atomic E-state index is 0.185. The van der Waals surface area contributed by atoms with E-state index in [4.69, 9.17) is 5.73 Å². The third-order valence-electron chi connectivity index (χ3n) is 3.26. The first-order valence-electron chi connectivity index (χ1n) is 6.12. The van der Waals surface area contributed by atoms with Crippen molar-refractivity contribution >= 4 is 27.7 Å². The molecule has 0 saturated carbocycles. The van der Waals surface area contributed by atoms with Crippen LogP contribution in [0, 0.1) is 5.82 Å². The van der Waals surface area contributed by atoms with E-state index in [9.17, 15) is 4.39 Å². The van der Waals surface area contributed by atoms with Crippen LogP contribution in [0.1, 0.15) is 18.5 Å². The number of thioether (sulfide) groups is 1. The van der Waals surface area contributed by atoms with E-state index < -0.39 is 0 Å². The number of nitrogens with two attached hydrogens (primary N) is 1. The summed E-state index contributed by atoms with van der Waals surface area (Å²) in [6, 6.07) is 5.37. The lowest BCUT2D eigenvalue weighted by atomic mass is 10.0. The number of halogens is 2. The summed E-state index contributed by atoms with van der Waals surface area (Å²) in [4.78, 5) is 2.40. The van der Waals surface area contributed by atoms with Gasteiger partial charge in [-0.05, 0) is 33.6 Å². The molecule has 0 bridgehead atoms. The highest BCUT2D eigenvalue weighted by molar-refractivity contribution is 9.10. The van der Waals surface area contributed by atoms with Crippen molar-refractivity contribution in [2.45, 2.75) is 18.2 Å². The SMILES string of the molecule is CC1CN(C(CN)c2ccc(F)c(Br)c2)CCS1. The molecule has 1 aliphatic rings. The summed E-state index contributed by atoms with van der Waals surface area (Å²) < 4.78 is 13.8. The molecule has 5 heteroatoms. The Morgan fingerprint density at radius 2 is 2.39 bits per heavy atom. The van der Waals surface area contributed by atoms with Crippen LogP contribution in [-0.4, -0.2) is 35.5 Å². The molecule has 0 radical (unpaired) electrons. The highest BCUT2D eigenvalue weighted by Gasteiger charge is 2.24. The molecular weight excluding hydrogens is 315 g/mol. The van der Waals surface area contributed by atoms with E-state index in [1.807, 2.05) is 23.9 Å². The van der Waals surface area contributed by atoms with Gasteiger partial charge in [0.2, 0.25) is 0 Å². The van der Waals surface area contributed by atoms with Crippen LogP contribution in [0.25, 0.3) is 0 Å². The fraction of sp³-hybridized carbons (Fsp3) is 0.538. The summed E-state index contributed by atoms with van der Waals surface area (Å²) in [6.07, 6.45) is 0. The van der Waals surface area contributed by atoms with Crippen LogP contribution in [0.5, 0.6) is 0 Å². The van der Waals surface area contributed by atoms with Gasteiger partial charge in [-0.2, -0.15) is 11.8 Å². The van der Waals surface area contributed by atoms with Gasteiger partial charge >= 0.3 is 0 Å². The molecule has 1 fully saturated rings. The lowest BCUT2D eigenvalue weighted by molar-refractivity contribution is 0.211. The monoisotopic (exact) mass is 332 g/mol. The Bertz CT molecular complexity index is 416. The number of rotatable bonds is 3. The van der Waals surface area contributed by atoms with Gasteiger partial charge in [-0.15, -0.1) is 0 Å². The van der Waals surface area contributed by atoms with Gasteiger partial charge in [0.25, 0.3) is 0 Å². The first-order valence-corrected chi connectivity index (χ1v) is 7.96. The van der Waals surface area contributed by atoms with Crippen molar-refractivity contribution in [2.75, 3.05) is 25.4 Å². The molecule has 2 N–H and O–H groups in total. The zero-order valence-corrected chi connectivity index (χ0v) is 12.8. The molecule has 2 rings (SSSR count). The molecule has 1 aliphatic heterocycles. The van der Waals surface area contributed by atoms with Gasteiger partial charge in [-0.25, -0.2) is 4.39 Å². The smallest absolute Gasteiger partial charge is 0.137 e. The molecule has 2 atom stereocenters. The molecule has 18 heavy (non-hydrogen) atoms. The van der Waals surface area contributed by atoms with Gasteiger partial charge in [0.05, 0.1) is 4.47 Å². The highest BCUT2D eigenvalue weighted by atomic mass is 79.9. The summed E-state index contributed by atoms with van der Waals surface area (Å²) in [5, 5.41) is 0.636. The summed E-state index contributed by atoms with van der Waals surface area (Å²) in [5.74, 6) is 0.914. The van der Waals surface area contributed by atoms with Crippen molar-refractivity contribution in [3.63, 3.8) is 0 Å². The quantitative estimate of drug-likeness (QED) is 0.922. The van der Waals surface area contributed by atoms with Gasteiger partial charge in [-0.3, -0.25) is 4.90 Å². The zero-order valence-electron chi connectivity index (χ0n) is 10.4. The molecule has 0 amide bonds. The first kappa shape index (κ1) is 14.3. The lowest BCUT2D eigenvalue weighted by Gasteiger charge is -2.36. The molecular formula is C13H18BrFN2S. The summed E-state index contributed by atoms with van der Waals surface area (Å²) in [6.45, 7) is 4.90. The molecule has 1 aromatic carbocycles. The highest BCUT2D eigenvalue weighted by Crippen LogP contribution is 2.28. The van der Waals surface area contributed by atoms with E-state index in [0.29, 0.717) is 16.3 Å². The number of benzene rings is 1. The maximum Gasteiger partial charge on any atom is 0.137 e. The molecule has 1 aromatic rings. The van der Waals surface area contributed by atoms with Crippen LogP contribution >= 0.6 is 27.7 Å². The Morgan fingerprint density at radius 3 is 3.00 bits per heavy atom. The van der Waals surface area contributed by atoms with Gasteiger partial charge in [0.15, 0.2) is 0 Å². The predicted molar refractivity (Wildman–Crippen MR) is 79.4 cm³/mol. The third kappa shape index (κ3) is 3.26. The van der Waals surface area contributed by atoms with E-state index in [1.54, 1.807) is 0 Å². The molecule has 1 heterocycles. The second kappa shape index (κ2) is 6.37.